The molecule has 2 aliphatic rings. The molecule has 3 aromatic rings. The average molecular weight is 392 g/mol. The fraction of sp³-hybridized carbons (Fsp3) is 0.450. The molecule has 9 heteroatoms. The molecule has 0 atom stereocenters. The summed E-state index contributed by atoms with van der Waals surface area (Å²) in [4.78, 5) is 32.4. The van der Waals surface area contributed by atoms with Crippen molar-refractivity contribution in [3.8, 4) is 0 Å². The van der Waals surface area contributed by atoms with Gasteiger partial charge in [0.15, 0.2) is 5.65 Å². The van der Waals surface area contributed by atoms with Crippen LogP contribution in [0.15, 0.2) is 36.9 Å². The molecule has 9 nitrogen and oxygen atoms in total. The normalized spacial score (nSPS) is 17.3. The predicted octanol–water partition coefficient (Wildman–Crippen LogP) is 1.17. The number of carbonyl (C=O) groups excluding carboxylic acids is 1. The molecule has 29 heavy (non-hydrogen) atoms. The topological polar surface area (TPSA) is 83.3 Å². The van der Waals surface area contributed by atoms with E-state index in [4.69, 9.17) is 0 Å². The van der Waals surface area contributed by atoms with Crippen LogP contribution in [-0.4, -0.2) is 74.8 Å². The molecule has 5 rings (SSSR count). The molecular weight excluding hydrogens is 368 g/mol. The monoisotopic (exact) mass is 392 g/mol. The Morgan fingerprint density at radius 2 is 1.72 bits per heavy atom. The molecule has 2 saturated heterocycles. The SMILES string of the molecule is O=C(Cn1ncc2c(N3CCN(c4ccccn4)CC3)ncnc21)N1CCCC1. The highest BCUT2D eigenvalue weighted by Crippen LogP contribution is 2.25. The maximum absolute atomic E-state index is 12.5. The number of carbonyl (C=O) groups is 1. The zero-order chi connectivity index (χ0) is 19.6. The summed E-state index contributed by atoms with van der Waals surface area (Å²) in [6, 6.07) is 5.99. The molecule has 0 aliphatic carbocycles. The number of rotatable bonds is 4. The van der Waals surface area contributed by atoms with Gasteiger partial charge in [-0.15, -0.1) is 0 Å². The van der Waals surface area contributed by atoms with Crippen molar-refractivity contribution < 1.29 is 4.79 Å². The van der Waals surface area contributed by atoms with Gasteiger partial charge in [-0.3, -0.25) is 4.79 Å². The Balaban J connectivity index is 1.32. The number of anilines is 2. The zero-order valence-corrected chi connectivity index (χ0v) is 16.3. The van der Waals surface area contributed by atoms with Crippen molar-refractivity contribution in [2.45, 2.75) is 19.4 Å². The Morgan fingerprint density at radius 3 is 2.48 bits per heavy atom. The van der Waals surface area contributed by atoms with Crippen molar-refractivity contribution in [2.75, 3.05) is 49.1 Å². The number of hydrogen-bond acceptors (Lipinski definition) is 7. The molecule has 0 N–H and O–H groups in total. The van der Waals surface area contributed by atoms with Crippen molar-refractivity contribution in [3.63, 3.8) is 0 Å². The standard InChI is InChI=1S/C20H24N8O/c29-18(26-7-3-4-8-26)14-28-20-16(13-24-28)19(22-15-23-20)27-11-9-25(10-12-27)17-5-1-2-6-21-17/h1-2,5-6,13,15H,3-4,7-12,14H2. The highest BCUT2D eigenvalue weighted by molar-refractivity contribution is 5.88. The van der Waals surface area contributed by atoms with E-state index in [9.17, 15) is 4.79 Å². The molecule has 5 heterocycles. The maximum Gasteiger partial charge on any atom is 0.244 e. The van der Waals surface area contributed by atoms with Crippen LogP contribution in [0.5, 0.6) is 0 Å². The summed E-state index contributed by atoms with van der Waals surface area (Å²) in [5.74, 6) is 2.00. The summed E-state index contributed by atoms with van der Waals surface area (Å²) in [6.07, 6.45) is 7.35. The van der Waals surface area contributed by atoms with Crippen molar-refractivity contribution >= 4 is 28.6 Å². The van der Waals surface area contributed by atoms with Gasteiger partial charge in [0.2, 0.25) is 5.91 Å². The average Bonchev–Trinajstić information content (AvgIpc) is 3.45. The lowest BCUT2D eigenvalue weighted by molar-refractivity contribution is -0.130. The van der Waals surface area contributed by atoms with E-state index < -0.39 is 0 Å². The first-order valence-electron chi connectivity index (χ1n) is 10.1. The highest BCUT2D eigenvalue weighted by atomic mass is 16.2. The summed E-state index contributed by atoms with van der Waals surface area (Å²) >= 11 is 0. The number of aromatic nitrogens is 5. The molecule has 0 spiro atoms. The van der Waals surface area contributed by atoms with Gasteiger partial charge in [0, 0.05) is 45.5 Å². The van der Waals surface area contributed by atoms with Crippen molar-refractivity contribution in [3.05, 3.63) is 36.9 Å². The van der Waals surface area contributed by atoms with Gasteiger partial charge in [0.1, 0.15) is 24.5 Å². The van der Waals surface area contributed by atoms with Gasteiger partial charge in [0.05, 0.1) is 11.6 Å². The smallest absolute Gasteiger partial charge is 0.244 e. The maximum atomic E-state index is 12.5. The van der Waals surface area contributed by atoms with Gasteiger partial charge >= 0.3 is 0 Å². The van der Waals surface area contributed by atoms with E-state index in [1.807, 2.05) is 29.3 Å². The Kier molecular flexibility index (Phi) is 4.71. The van der Waals surface area contributed by atoms with E-state index in [1.165, 1.54) is 0 Å². The number of likely N-dealkylation sites (tertiary alicyclic amines) is 1. The minimum Gasteiger partial charge on any atom is -0.353 e. The van der Waals surface area contributed by atoms with Crippen LogP contribution in [0.3, 0.4) is 0 Å². The van der Waals surface area contributed by atoms with Crippen molar-refractivity contribution in [1.82, 2.24) is 29.6 Å². The molecule has 2 fully saturated rings. The molecule has 0 unspecified atom stereocenters. The van der Waals surface area contributed by atoms with Gasteiger partial charge in [-0.2, -0.15) is 5.10 Å². The number of pyridine rings is 1. The minimum atomic E-state index is 0.108. The Bertz CT molecular complexity index is 990. The number of piperazine rings is 1. The first kappa shape index (κ1) is 17.8. The third-order valence-corrected chi connectivity index (χ3v) is 5.71. The van der Waals surface area contributed by atoms with Gasteiger partial charge in [0.25, 0.3) is 0 Å². The molecule has 0 radical (unpaired) electrons. The van der Waals surface area contributed by atoms with Gasteiger partial charge in [-0.05, 0) is 25.0 Å². The number of nitrogens with zero attached hydrogens (tertiary/aromatic N) is 8. The molecule has 1 amide bonds. The summed E-state index contributed by atoms with van der Waals surface area (Å²) in [5, 5.41) is 5.34. The van der Waals surface area contributed by atoms with E-state index in [0.29, 0.717) is 0 Å². The molecular formula is C20H24N8O. The number of hydrogen-bond donors (Lipinski definition) is 0. The second-order valence-corrected chi connectivity index (χ2v) is 7.49. The van der Waals surface area contributed by atoms with Crippen LogP contribution in [0.25, 0.3) is 11.0 Å². The lowest BCUT2D eigenvalue weighted by Crippen LogP contribution is -2.47. The highest BCUT2D eigenvalue weighted by Gasteiger charge is 2.23. The van der Waals surface area contributed by atoms with Crippen LogP contribution in [0.4, 0.5) is 11.6 Å². The molecule has 0 aromatic carbocycles. The summed E-state index contributed by atoms with van der Waals surface area (Å²) < 4.78 is 1.70. The summed E-state index contributed by atoms with van der Waals surface area (Å²) in [5.41, 5.74) is 0.717. The van der Waals surface area contributed by atoms with E-state index in [1.54, 1.807) is 17.2 Å². The van der Waals surface area contributed by atoms with Gasteiger partial charge < -0.3 is 14.7 Å². The predicted molar refractivity (Wildman–Crippen MR) is 110 cm³/mol. The minimum absolute atomic E-state index is 0.108. The number of amides is 1. The van der Waals surface area contributed by atoms with Crippen LogP contribution < -0.4 is 9.80 Å². The second-order valence-electron chi connectivity index (χ2n) is 7.49. The quantitative estimate of drug-likeness (QED) is 0.659. The third kappa shape index (κ3) is 3.48. The van der Waals surface area contributed by atoms with E-state index in [-0.39, 0.29) is 12.5 Å². The molecule has 150 valence electrons. The van der Waals surface area contributed by atoms with E-state index >= 15 is 0 Å². The van der Waals surface area contributed by atoms with Crippen LogP contribution in [0, 0.1) is 0 Å². The Morgan fingerprint density at radius 1 is 0.931 bits per heavy atom. The fourth-order valence-corrected chi connectivity index (χ4v) is 4.13. The third-order valence-electron chi connectivity index (χ3n) is 5.71. The van der Waals surface area contributed by atoms with E-state index in [0.717, 1.165) is 74.8 Å². The van der Waals surface area contributed by atoms with Gasteiger partial charge in [-0.1, -0.05) is 6.07 Å². The van der Waals surface area contributed by atoms with Crippen LogP contribution in [0.1, 0.15) is 12.8 Å². The van der Waals surface area contributed by atoms with Crippen LogP contribution in [0.2, 0.25) is 0 Å². The van der Waals surface area contributed by atoms with Crippen molar-refractivity contribution in [2.24, 2.45) is 0 Å². The lowest BCUT2D eigenvalue weighted by Gasteiger charge is -2.36. The van der Waals surface area contributed by atoms with Crippen molar-refractivity contribution in [1.29, 1.82) is 0 Å². The molecule has 3 aromatic heterocycles. The zero-order valence-electron chi connectivity index (χ0n) is 16.3. The summed E-state index contributed by atoms with van der Waals surface area (Å²) in [7, 11) is 0. The van der Waals surface area contributed by atoms with Crippen LogP contribution in [-0.2, 0) is 11.3 Å². The molecule has 0 bridgehead atoms. The largest absolute Gasteiger partial charge is 0.353 e. The fourth-order valence-electron chi connectivity index (χ4n) is 4.13. The Labute approximate surface area is 169 Å². The lowest BCUT2D eigenvalue weighted by atomic mass is 10.2. The second kappa shape index (κ2) is 7.65. The first-order chi connectivity index (χ1) is 14.3. The van der Waals surface area contributed by atoms with Gasteiger partial charge in [-0.25, -0.2) is 19.6 Å². The molecule has 0 saturated carbocycles. The first-order valence-corrected chi connectivity index (χ1v) is 10.1. The van der Waals surface area contributed by atoms with Crippen LogP contribution >= 0.6 is 0 Å². The Hall–Kier alpha value is -3.23. The summed E-state index contributed by atoms with van der Waals surface area (Å²) in [6.45, 7) is 5.38. The number of fused-ring (bicyclic) bond motifs is 1. The molecule has 2 aliphatic heterocycles. The van der Waals surface area contributed by atoms with E-state index in [2.05, 4.69) is 29.9 Å².